The number of ether oxygens (including phenoxy) is 1. The van der Waals surface area contributed by atoms with E-state index in [1.54, 1.807) is 24.5 Å². The Hall–Kier alpha value is -1.03. The number of hydrogen-bond donors (Lipinski definition) is 1. The Labute approximate surface area is 129 Å². The van der Waals surface area contributed by atoms with E-state index in [0.717, 1.165) is 16.2 Å². The molecule has 2 rings (SSSR count). The lowest BCUT2D eigenvalue weighted by molar-refractivity contribution is 0.408. The Morgan fingerprint density at radius 3 is 2.45 bits per heavy atom. The topological polar surface area (TPSA) is 35.2 Å². The van der Waals surface area contributed by atoms with Gasteiger partial charge in [0.1, 0.15) is 5.75 Å². The summed E-state index contributed by atoms with van der Waals surface area (Å²) < 4.78 is 5.38. The van der Waals surface area contributed by atoms with Gasteiger partial charge in [-0.05, 0) is 29.7 Å². The summed E-state index contributed by atoms with van der Waals surface area (Å²) in [5.41, 5.74) is 7.49. The zero-order chi connectivity index (χ0) is 14.9. The molecule has 4 heteroatoms. The molecule has 0 aliphatic carbocycles. The monoisotopic (exact) mass is 309 g/mol. The molecular weight excluding hydrogens is 290 g/mol. The molecule has 2 nitrogen and oxygen atoms in total. The summed E-state index contributed by atoms with van der Waals surface area (Å²) in [4.78, 5) is 2.46. The molecule has 1 unspecified atom stereocenters. The van der Waals surface area contributed by atoms with Crippen molar-refractivity contribution in [1.29, 1.82) is 0 Å². The van der Waals surface area contributed by atoms with E-state index < -0.39 is 0 Å². The summed E-state index contributed by atoms with van der Waals surface area (Å²) in [7, 11) is 1.64. The van der Waals surface area contributed by atoms with Crippen LogP contribution in [0.5, 0.6) is 5.75 Å². The Morgan fingerprint density at radius 2 is 1.90 bits per heavy atom. The van der Waals surface area contributed by atoms with Crippen LogP contribution in [0, 0.1) is 0 Å². The molecule has 108 valence electrons. The van der Waals surface area contributed by atoms with Gasteiger partial charge in [0, 0.05) is 20.3 Å². The summed E-state index contributed by atoms with van der Waals surface area (Å²) in [6.45, 7) is 6.62. The molecule has 1 aromatic heterocycles. The molecule has 0 radical (unpaired) electrons. The van der Waals surface area contributed by atoms with E-state index in [-0.39, 0.29) is 11.5 Å². The predicted molar refractivity (Wildman–Crippen MR) is 87.1 cm³/mol. The SMILES string of the molecule is COc1cc(Cl)ccc1C(N)c1ccc(C(C)(C)C)s1. The second kappa shape index (κ2) is 5.76. The Bertz CT molecular complexity index is 601. The van der Waals surface area contributed by atoms with Crippen LogP contribution in [0.1, 0.15) is 42.1 Å². The third kappa shape index (κ3) is 3.17. The van der Waals surface area contributed by atoms with E-state index >= 15 is 0 Å². The van der Waals surface area contributed by atoms with Crippen LogP contribution in [0.15, 0.2) is 30.3 Å². The summed E-state index contributed by atoms with van der Waals surface area (Å²) in [5, 5.41) is 0.652. The molecule has 0 saturated heterocycles. The average Bonchev–Trinajstić information content (AvgIpc) is 2.87. The first-order valence-corrected chi connectivity index (χ1v) is 7.71. The fourth-order valence-electron chi connectivity index (χ4n) is 2.02. The number of nitrogens with two attached hydrogens (primary N) is 1. The molecule has 0 amide bonds. The van der Waals surface area contributed by atoms with Gasteiger partial charge in [0.2, 0.25) is 0 Å². The molecule has 0 aliphatic rings. The minimum atomic E-state index is -0.191. The number of thiophene rings is 1. The quantitative estimate of drug-likeness (QED) is 0.887. The highest BCUT2D eigenvalue weighted by Crippen LogP contribution is 2.36. The molecule has 2 aromatic rings. The maximum atomic E-state index is 6.39. The van der Waals surface area contributed by atoms with Gasteiger partial charge in [-0.25, -0.2) is 0 Å². The van der Waals surface area contributed by atoms with E-state index in [1.807, 2.05) is 12.1 Å². The van der Waals surface area contributed by atoms with E-state index in [9.17, 15) is 0 Å². The normalized spacial score (nSPS) is 13.3. The molecule has 2 N–H and O–H groups in total. The first-order chi connectivity index (χ1) is 9.32. The van der Waals surface area contributed by atoms with Gasteiger partial charge in [0.15, 0.2) is 0 Å². The standard InChI is InChI=1S/C16H20ClNOS/c1-16(2,3)14-8-7-13(20-14)15(18)11-6-5-10(17)9-12(11)19-4/h5-9,15H,18H2,1-4H3. The lowest BCUT2D eigenvalue weighted by atomic mass is 9.95. The van der Waals surface area contributed by atoms with Crippen LogP contribution >= 0.6 is 22.9 Å². The molecular formula is C16H20ClNOS. The van der Waals surface area contributed by atoms with Crippen molar-refractivity contribution in [2.75, 3.05) is 7.11 Å². The molecule has 1 aromatic carbocycles. The van der Waals surface area contributed by atoms with Crippen molar-refractivity contribution in [2.24, 2.45) is 5.73 Å². The van der Waals surface area contributed by atoms with Crippen molar-refractivity contribution in [1.82, 2.24) is 0 Å². The Balaban J connectivity index is 2.36. The van der Waals surface area contributed by atoms with Crippen molar-refractivity contribution in [3.8, 4) is 5.75 Å². The Kier molecular flexibility index (Phi) is 4.43. The lowest BCUT2D eigenvalue weighted by Crippen LogP contribution is -2.12. The van der Waals surface area contributed by atoms with Crippen molar-refractivity contribution in [3.63, 3.8) is 0 Å². The third-order valence-corrected chi connectivity index (χ3v) is 5.03. The van der Waals surface area contributed by atoms with E-state index in [4.69, 9.17) is 22.1 Å². The maximum absolute atomic E-state index is 6.39. The zero-order valence-corrected chi connectivity index (χ0v) is 13.8. The largest absolute Gasteiger partial charge is 0.496 e. The molecule has 0 saturated carbocycles. The van der Waals surface area contributed by atoms with E-state index in [2.05, 4.69) is 32.9 Å². The molecule has 0 fully saturated rings. The van der Waals surface area contributed by atoms with Crippen molar-refractivity contribution < 1.29 is 4.74 Å². The Morgan fingerprint density at radius 1 is 1.20 bits per heavy atom. The second-order valence-electron chi connectivity index (χ2n) is 5.82. The van der Waals surface area contributed by atoms with Crippen LogP contribution in [-0.2, 0) is 5.41 Å². The minimum Gasteiger partial charge on any atom is -0.496 e. The van der Waals surface area contributed by atoms with Gasteiger partial charge >= 0.3 is 0 Å². The first kappa shape index (κ1) is 15.4. The number of benzene rings is 1. The number of methoxy groups -OCH3 is 1. The molecule has 1 atom stereocenters. The van der Waals surface area contributed by atoms with Gasteiger partial charge in [-0.1, -0.05) is 38.4 Å². The van der Waals surface area contributed by atoms with Gasteiger partial charge in [-0.3, -0.25) is 0 Å². The lowest BCUT2D eigenvalue weighted by Gasteiger charge is -2.17. The summed E-state index contributed by atoms with van der Waals surface area (Å²) in [5.74, 6) is 0.732. The smallest absolute Gasteiger partial charge is 0.125 e. The van der Waals surface area contributed by atoms with Crippen LogP contribution in [0.2, 0.25) is 5.02 Å². The van der Waals surface area contributed by atoms with Crippen molar-refractivity contribution in [3.05, 3.63) is 50.7 Å². The fraction of sp³-hybridized carbons (Fsp3) is 0.375. The maximum Gasteiger partial charge on any atom is 0.125 e. The van der Waals surface area contributed by atoms with Gasteiger partial charge in [0.25, 0.3) is 0 Å². The van der Waals surface area contributed by atoms with Gasteiger partial charge in [0.05, 0.1) is 13.2 Å². The van der Waals surface area contributed by atoms with Gasteiger partial charge in [-0.2, -0.15) is 0 Å². The van der Waals surface area contributed by atoms with E-state index in [1.165, 1.54) is 4.88 Å². The van der Waals surface area contributed by atoms with Crippen LogP contribution in [0.3, 0.4) is 0 Å². The second-order valence-corrected chi connectivity index (χ2v) is 7.37. The molecule has 20 heavy (non-hydrogen) atoms. The third-order valence-electron chi connectivity index (χ3n) is 3.20. The van der Waals surface area contributed by atoms with Crippen LogP contribution in [-0.4, -0.2) is 7.11 Å². The average molecular weight is 310 g/mol. The van der Waals surface area contributed by atoms with E-state index in [0.29, 0.717) is 5.02 Å². The van der Waals surface area contributed by atoms with Gasteiger partial charge < -0.3 is 10.5 Å². The molecule has 0 aliphatic heterocycles. The minimum absolute atomic E-state index is 0.146. The fourth-order valence-corrected chi connectivity index (χ4v) is 3.27. The van der Waals surface area contributed by atoms with Crippen LogP contribution in [0.25, 0.3) is 0 Å². The van der Waals surface area contributed by atoms with Crippen LogP contribution in [0.4, 0.5) is 0 Å². The molecule has 1 heterocycles. The highest BCUT2D eigenvalue weighted by Gasteiger charge is 2.20. The zero-order valence-electron chi connectivity index (χ0n) is 12.2. The van der Waals surface area contributed by atoms with Crippen molar-refractivity contribution >= 4 is 22.9 Å². The first-order valence-electron chi connectivity index (χ1n) is 6.52. The summed E-state index contributed by atoms with van der Waals surface area (Å²) in [6.07, 6.45) is 0. The number of halogens is 1. The summed E-state index contributed by atoms with van der Waals surface area (Å²) in [6, 6.07) is 9.64. The molecule has 0 bridgehead atoms. The predicted octanol–water partition coefficient (Wildman–Crippen LogP) is 4.76. The highest BCUT2D eigenvalue weighted by molar-refractivity contribution is 7.12. The summed E-state index contributed by atoms with van der Waals surface area (Å²) >= 11 is 7.74. The number of rotatable bonds is 3. The highest BCUT2D eigenvalue weighted by atomic mass is 35.5. The van der Waals surface area contributed by atoms with Gasteiger partial charge in [-0.15, -0.1) is 11.3 Å². The van der Waals surface area contributed by atoms with Crippen LogP contribution < -0.4 is 10.5 Å². The molecule has 0 spiro atoms. The van der Waals surface area contributed by atoms with Crippen molar-refractivity contribution in [2.45, 2.75) is 32.2 Å². The number of hydrogen-bond acceptors (Lipinski definition) is 3.